The topological polar surface area (TPSA) is 88.3 Å². The van der Waals surface area contributed by atoms with Crippen molar-refractivity contribution in [3.8, 4) is 10.4 Å². The maximum absolute atomic E-state index is 13.7. The van der Waals surface area contributed by atoms with E-state index in [2.05, 4.69) is 35.2 Å². The number of aliphatic hydroxyl groups is 1. The summed E-state index contributed by atoms with van der Waals surface area (Å²) in [5.74, 6) is -1.18. The Morgan fingerprint density at radius 1 is 1.17 bits per heavy atom. The van der Waals surface area contributed by atoms with E-state index in [9.17, 15) is 14.7 Å². The number of amides is 1. The Morgan fingerprint density at radius 3 is 2.47 bits per heavy atom. The van der Waals surface area contributed by atoms with Gasteiger partial charge >= 0.3 is 0 Å². The molecule has 2 heterocycles. The lowest BCUT2D eigenvalue weighted by Crippen LogP contribution is -2.40. The molecule has 2 aromatic heterocycles. The fourth-order valence-electron chi connectivity index (χ4n) is 5.55. The largest absolute Gasteiger partial charge is 0.393 e. The molecule has 1 saturated carbocycles. The normalized spacial score (nSPS) is 21.5. The quantitative estimate of drug-likeness (QED) is 0.463. The van der Waals surface area contributed by atoms with Crippen molar-refractivity contribution in [1.29, 1.82) is 0 Å². The van der Waals surface area contributed by atoms with Crippen LogP contribution in [0.2, 0.25) is 0 Å². The number of rotatable bonds is 8. The third-order valence-corrected chi connectivity index (χ3v) is 8.59. The van der Waals surface area contributed by atoms with Gasteiger partial charge < -0.3 is 10.0 Å². The van der Waals surface area contributed by atoms with Crippen LogP contribution < -0.4 is 0 Å². The lowest BCUT2D eigenvalue weighted by Gasteiger charge is -2.32. The van der Waals surface area contributed by atoms with E-state index in [0.717, 1.165) is 27.3 Å². The van der Waals surface area contributed by atoms with Gasteiger partial charge in [-0.05, 0) is 62.3 Å². The zero-order valence-electron chi connectivity index (χ0n) is 21.9. The minimum atomic E-state index is -0.661. The molecule has 4 rings (SSSR count). The van der Waals surface area contributed by atoms with Crippen molar-refractivity contribution in [2.24, 2.45) is 17.8 Å². The third-order valence-electron chi connectivity index (χ3n) is 7.61. The number of thiazole rings is 1. The van der Waals surface area contributed by atoms with Crippen LogP contribution in [0.15, 0.2) is 42.2 Å². The molecule has 7 nitrogen and oxygen atoms in total. The highest BCUT2D eigenvalue weighted by Gasteiger charge is 2.46. The van der Waals surface area contributed by atoms with Crippen molar-refractivity contribution in [3.63, 3.8) is 0 Å². The monoisotopic (exact) mass is 508 g/mol. The van der Waals surface area contributed by atoms with Crippen LogP contribution in [0.25, 0.3) is 10.4 Å². The lowest BCUT2D eigenvalue weighted by atomic mass is 9.83. The number of benzene rings is 1. The summed E-state index contributed by atoms with van der Waals surface area (Å²) < 4.78 is 1.68. The molecule has 1 aliphatic carbocycles. The smallest absolute Gasteiger partial charge is 0.226 e. The highest BCUT2D eigenvalue weighted by molar-refractivity contribution is 7.13. The zero-order valence-corrected chi connectivity index (χ0v) is 22.7. The number of aliphatic hydroxyl groups excluding tert-OH is 1. The molecule has 8 heteroatoms. The van der Waals surface area contributed by atoms with Crippen LogP contribution in [0, 0.1) is 31.6 Å². The summed E-state index contributed by atoms with van der Waals surface area (Å²) in [5, 5.41) is 14.8. The number of carbonyl (C=O) groups excluding carboxylic acids is 2. The number of nitrogens with zero attached hydrogens (tertiary/aromatic N) is 4. The van der Waals surface area contributed by atoms with E-state index in [4.69, 9.17) is 0 Å². The van der Waals surface area contributed by atoms with E-state index in [0.29, 0.717) is 12.8 Å². The molecule has 3 aromatic rings. The Bertz CT molecular complexity index is 1220. The van der Waals surface area contributed by atoms with Crippen LogP contribution in [0.3, 0.4) is 0 Å². The molecule has 1 amide bonds. The number of Topliss-reactive ketones (excluding diaryl/α,β-unsaturated/α-hetero) is 1. The molecule has 0 bridgehead atoms. The highest BCUT2D eigenvalue weighted by Crippen LogP contribution is 2.39. The van der Waals surface area contributed by atoms with E-state index in [1.54, 1.807) is 46.4 Å². The Kier molecular flexibility index (Phi) is 7.76. The Hall–Kier alpha value is -2.84. The van der Waals surface area contributed by atoms with Gasteiger partial charge in [-0.3, -0.25) is 14.3 Å². The summed E-state index contributed by atoms with van der Waals surface area (Å²) in [6, 6.07) is 7.48. The first-order valence-corrected chi connectivity index (χ1v) is 13.5. The molecular formula is C28H36N4O3S. The third kappa shape index (κ3) is 5.02. The van der Waals surface area contributed by atoms with Crippen LogP contribution in [0.1, 0.15) is 62.5 Å². The summed E-state index contributed by atoms with van der Waals surface area (Å²) >= 11 is 1.62. The fourth-order valence-corrected chi connectivity index (χ4v) is 6.36. The maximum atomic E-state index is 13.7. The SMILES string of the molecule is Cc1cc(-c2scnc2C)ccc1[C@H](C)N(C)C(=O)[C@@H]1C[C@@H](O)CC1C(=O)C(C(C)C)n1cccn1. The van der Waals surface area contributed by atoms with E-state index in [1.165, 1.54) is 0 Å². The summed E-state index contributed by atoms with van der Waals surface area (Å²) in [5.41, 5.74) is 6.16. The number of hydrogen-bond donors (Lipinski definition) is 1. The predicted molar refractivity (Wildman–Crippen MR) is 142 cm³/mol. The van der Waals surface area contributed by atoms with Crippen LogP contribution >= 0.6 is 11.3 Å². The van der Waals surface area contributed by atoms with Crippen molar-refractivity contribution >= 4 is 23.0 Å². The molecule has 0 saturated heterocycles. The van der Waals surface area contributed by atoms with Gasteiger partial charge in [-0.2, -0.15) is 5.10 Å². The van der Waals surface area contributed by atoms with Gasteiger partial charge in [0.15, 0.2) is 5.78 Å². The van der Waals surface area contributed by atoms with Crippen molar-refractivity contribution in [1.82, 2.24) is 19.7 Å². The minimum absolute atomic E-state index is 0.0193. The standard InChI is InChI=1S/C28H36N4O3S/c1-16(2)25(32-11-7-10-30-32)26(34)23-13-21(33)14-24(23)28(35)31(6)19(5)22-9-8-20(12-17(22)3)27-18(4)29-15-36-27/h7-12,15-16,19,21,23-25,33H,13-14H2,1-6H3/t19-,21-,23?,24+,25?/m0/s1. The van der Waals surface area contributed by atoms with Gasteiger partial charge in [0, 0.05) is 25.4 Å². The molecule has 5 atom stereocenters. The van der Waals surface area contributed by atoms with E-state index in [1.807, 2.05) is 33.2 Å². The van der Waals surface area contributed by atoms with E-state index in [-0.39, 0.29) is 23.7 Å². The Morgan fingerprint density at radius 2 is 1.89 bits per heavy atom. The molecule has 192 valence electrons. The van der Waals surface area contributed by atoms with E-state index >= 15 is 0 Å². The first kappa shape index (κ1) is 26.2. The summed E-state index contributed by atoms with van der Waals surface area (Å²) in [4.78, 5) is 34.7. The Balaban J connectivity index is 1.55. The van der Waals surface area contributed by atoms with Gasteiger partial charge in [0.05, 0.1) is 34.1 Å². The minimum Gasteiger partial charge on any atom is -0.393 e. The maximum Gasteiger partial charge on any atom is 0.226 e. The second-order valence-corrected chi connectivity index (χ2v) is 11.2. The molecular weight excluding hydrogens is 472 g/mol. The van der Waals surface area contributed by atoms with Crippen LogP contribution in [-0.2, 0) is 9.59 Å². The molecule has 0 aliphatic heterocycles. The summed E-state index contributed by atoms with van der Waals surface area (Å²) in [6.07, 6.45) is 3.40. The average Bonchev–Trinajstić information content (AvgIpc) is 3.59. The van der Waals surface area contributed by atoms with Gasteiger partial charge in [-0.1, -0.05) is 32.0 Å². The summed E-state index contributed by atoms with van der Waals surface area (Å²) in [7, 11) is 1.80. The van der Waals surface area contributed by atoms with Crippen molar-refractivity contribution in [3.05, 3.63) is 59.0 Å². The Labute approximate surface area is 217 Å². The van der Waals surface area contributed by atoms with Crippen LogP contribution in [-0.4, -0.2) is 49.6 Å². The molecule has 1 N–H and O–H groups in total. The van der Waals surface area contributed by atoms with E-state index < -0.39 is 24.0 Å². The van der Waals surface area contributed by atoms with Gasteiger partial charge in [-0.25, -0.2) is 4.98 Å². The lowest BCUT2D eigenvalue weighted by molar-refractivity contribution is -0.142. The van der Waals surface area contributed by atoms with Gasteiger partial charge in [0.1, 0.15) is 6.04 Å². The van der Waals surface area contributed by atoms with Crippen LogP contribution in [0.4, 0.5) is 0 Å². The number of ketones is 1. The molecule has 1 aromatic carbocycles. The highest BCUT2D eigenvalue weighted by atomic mass is 32.1. The summed E-state index contributed by atoms with van der Waals surface area (Å²) in [6.45, 7) is 10.1. The molecule has 2 unspecified atom stereocenters. The molecule has 1 aliphatic rings. The molecule has 0 radical (unpaired) electrons. The first-order valence-electron chi connectivity index (χ1n) is 12.6. The number of hydrogen-bond acceptors (Lipinski definition) is 6. The number of aryl methyl sites for hydroxylation is 2. The van der Waals surface area contributed by atoms with Gasteiger partial charge in [0.25, 0.3) is 0 Å². The first-order chi connectivity index (χ1) is 17.1. The molecule has 1 fully saturated rings. The zero-order chi connectivity index (χ0) is 26.1. The van der Waals surface area contributed by atoms with Gasteiger partial charge in [0.2, 0.25) is 5.91 Å². The molecule has 36 heavy (non-hydrogen) atoms. The number of carbonyl (C=O) groups is 2. The second kappa shape index (κ2) is 10.6. The average molecular weight is 509 g/mol. The predicted octanol–water partition coefficient (Wildman–Crippen LogP) is 5.00. The molecule has 0 spiro atoms. The van der Waals surface area contributed by atoms with Gasteiger partial charge in [-0.15, -0.1) is 11.3 Å². The van der Waals surface area contributed by atoms with Crippen molar-refractivity contribution in [2.75, 3.05) is 7.05 Å². The fraction of sp³-hybridized carbons (Fsp3) is 0.500. The van der Waals surface area contributed by atoms with Crippen molar-refractivity contribution < 1.29 is 14.7 Å². The second-order valence-electron chi connectivity index (χ2n) is 10.4. The van der Waals surface area contributed by atoms with Crippen molar-refractivity contribution in [2.45, 2.75) is 65.6 Å². The van der Waals surface area contributed by atoms with Crippen LogP contribution in [0.5, 0.6) is 0 Å². The number of aromatic nitrogens is 3.